The molecule has 0 aromatic heterocycles. The largest absolute Gasteiger partial charge is 0.495 e. The number of para-hydroxylation sites is 2. The summed E-state index contributed by atoms with van der Waals surface area (Å²) in [6, 6.07) is 22.7. The lowest BCUT2D eigenvalue weighted by atomic mass is 10.1. The summed E-state index contributed by atoms with van der Waals surface area (Å²) in [5, 5.41) is 5.91. The van der Waals surface area contributed by atoms with Crippen LogP contribution in [-0.2, 0) is 4.79 Å². The molecule has 29 heavy (non-hydrogen) atoms. The van der Waals surface area contributed by atoms with Gasteiger partial charge in [-0.25, -0.2) is 0 Å². The maximum atomic E-state index is 13.0. The van der Waals surface area contributed by atoms with E-state index in [0.29, 0.717) is 27.6 Å². The molecule has 5 nitrogen and oxygen atoms in total. The molecule has 0 bridgehead atoms. The maximum absolute atomic E-state index is 13.0. The highest BCUT2D eigenvalue weighted by atomic mass is 35.5. The van der Waals surface area contributed by atoms with Gasteiger partial charge in [0.1, 0.15) is 11.4 Å². The van der Waals surface area contributed by atoms with Crippen LogP contribution in [0.1, 0.15) is 15.9 Å². The summed E-state index contributed by atoms with van der Waals surface area (Å²) in [5.41, 5.74) is 1.58. The molecule has 2 amide bonds. The van der Waals surface area contributed by atoms with Gasteiger partial charge in [-0.3, -0.25) is 9.59 Å². The number of ether oxygens (including phenoxy) is 1. The number of carbonyl (C=O) groups excluding carboxylic acids is 2. The van der Waals surface area contributed by atoms with Crippen molar-refractivity contribution in [2.45, 2.75) is 0 Å². The van der Waals surface area contributed by atoms with E-state index in [1.807, 2.05) is 6.07 Å². The smallest absolute Gasteiger partial charge is 0.272 e. The second kappa shape index (κ2) is 9.57. The second-order valence-electron chi connectivity index (χ2n) is 6.05. The number of hydrogen-bond acceptors (Lipinski definition) is 3. The van der Waals surface area contributed by atoms with E-state index in [4.69, 9.17) is 16.3 Å². The fraction of sp³-hybridized carbons (Fsp3) is 0.0435. The molecule has 0 aliphatic carbocycles. The van der Waals surface area contributed by atoms with E-state index in [1.54, 1.807) is 72.8 Å². The number of anilines is 1. The third kappa shape index (κ3) is 5.24. The molecule has 0 unspecified atom stereocenters. The molecular formula is C23H19ClN2O3. The quantitative estimate of drug-likeness (QED) is 0.580. The van der Waals surface area contributed by atoms with Crippen LogP contribution in [-0.4, -0.2) is 18.9 Å². The molecule has 6 heteroatoms. The van der Waals surface area contributed by atoms with Crippen LogP contribution in [0, 0.1) is 0 Å². The molecule has 3 aromatic carbocycles. The van der Waals surface area contributed by atoms with E-state index in [2.05, 4.69) is 10.6 Å². The number of nitrogens with one attached hydrogen (secondary N) is 2. The molecule has 0 fully saturated rings. The Balaban J connectivity index is 1.93. The summed E-state index contributed by atoms with van der Waals surface area (Å²) in [6.45, 7) is 0. The minimum absolute atomic E-state index is 0.0536. The SMILES string of the molecule is COc1ccccc1NC(=O)/C(=C\c1ccccc1Cl)NC(=O)c1ccccc1. The predicted octanol–water partition coefficient (Wildman–Crippen LogP) is 4.76. The molecule has 146 valence electrons. The monoisotopic (exact) mass is 406 g/mol. The van der Waals surface area contributed by atoms with Crippen LogP contribution in [0.5, 0.6) is 5.75 Å². The summed E-state index contributed by atoms with van der Waals surface area (Å²) >= 11 is 6.23. The zero-order chi connectivity index (χ0) is 20.6. The van der Waals surface area contributed by atoms with E-state index in [1.165, 1.54) is 13.2 Å². The van der Waals surface area contributed by atoms with E-state index in [9.17, 15) is 9.59 Å². The van der Waals surface area contributed by atoms with Gasteiger partial charge in [0.2, 0.25) is 0 Å². The van der Waals surface area contributed by atoms with Crippen molar-refractivity contribution in [1.82, 2.24) is 5.32 Å². The lowest BCUT2D eigenvalue weighted by Crippen LogP contribution is -2.30. The van der Waals surface area contributed by atoms with Gasteiger partial charge in [0, 0.05) is 10.6 Å². The molecule has 0 aliphatic rings. The zero-order valence-electron chi connectivity index (χ0n) is 15.7. The van der Waals surface area contributed by atoms with Crippen LogP contribution in [0.4, 0.5) is 5.69 Å². The third-order valence-electron chi connectivity index (χ3n) is 4.09. The first-order valence-corrected chi connectivity index (χ1v) is 9.23. The van der Waals surface area contributed by atoms with E-state index < -0.39 is 11.8 Å². The molecular weight excluding hydrogens is 388 g/mol. The van der Waals surface area contributed by atoms with Crippen LogP contribution < -0.4 is 15.4 Å². The van der Waals surface area contributed by atoms with Crippen molar-refractivity contribution in [3.05, 3.63) is 101 Å². The fourth-order valence-corrected chi connectivity index (χ4v) is 2.82. The van der Waals surface area contributed by atoms with Crippen molar-refractivity contribution >= 4 is 35.2 Å². The molecule has 3 rings (SSSR count). The molecule has 2 N–H and O–H groups in total. The molecule has 0 spiro atoms. The van der Waals surface area contributed by atoms with Crippen LogP contribution >= 0.6 is 11.6 Å². The lowest BCUT2D eigenvalue weighted by Gasteiger charge is -2.13. The zero-order valence-corrected chi connectivity index (χ0v) is 16.4. The van der Waals surface area contributed by atoms with Crippen molar-refractivity contribution in [1.29, 1.82) is 0 Å². The number of hydrogen-bond donors (Lipinski definition) is 2. The van der Waals surface area contributed by atoms with Gasteiger partial charge in [-0.1, -0.05) is 60.1 Å². The van der Waals surface area contributed by atoms with Gasteiger partial charge < -0.3 is 15.4 Å². The minimum atomic E-state index is -0.501. The lowest BCUT2D eigenvalue weighted by molar-refractivity contribution is -0.113. The molecule has 0 saturated carbocycles. The molecule has 0 radical (unpaired) electrons. The number of benzene rings is 3. The summed E-state index contributed by atoms with van der Waals surface area (Å²) in [4.78, 5) is 25.6. The average molecular weight is 407 g/mol. The predicted molar refractivity (Wildman–Crippen MR) is 115 cm³/mol. The van der Waals surface area contributed by atoms with Crippen molar-refractivity contribution < 1.29 is 14.3 Å². The standard InChI is InChI=1S/C23H19ClN2O3/c1-29-21-14-8-7-13-19(21)25-23(28)20(15-17-11-5-6-12-18(17)24)26-22(27)16-9-3-2-4-10-16/h2-15H,1H3,(H,25,28)(H,26,27)/b20-15+. The minimum Gasteiger partial charge on any atom is -0.495 e. The van der Waals surface area contributed by atoms with E-state index >= 15 is 0 Å². The Kier molecular flexibility index (Phi) is 6.66. The molecule has 0 aliphatic heterocycles. The number of rotatable bonds is 6. The van der Waals surface area contributed by atoms with Crippen LogP contribution in [0.25, 0.3) is 6.08 Å². The van der Waals surface area contributed by atoms with Crippen LogP contribution in [0.2, 0.25) is 5.02 Å². The molecule has 0 atom stereocenters. The van der Waals surface area contributed by atoms with Gasteiger partial charge in [-0.2, -0.15) is 0 Å². The van der Waals surface area contributed by atoms with Gasteiger partial charge in [0.05, 0.1) is 12.8 Å². The van der Waals surface area contributed by atoms with E-state index in [-0.39, 0.29) is 5.70 Å². The highest BCUT2D eigenvalue weighted by Gasteiger charge is 2.16. The summed E-state index contributed by atoms with van der Waals surface area (Å²) < 4.78 is 5.27. The first-order chi connectivity index (χ1) is 14.1. The average Bonchev–Trinajstić information content (AvgIpc) is 2.75. The summed E-state index contributed by atoms with van der Waals surface area (Å²) in [7, 11) is 1.52. The van der Waals surface area contributed by atoms with Gasteiger partial charge in [0.25, 0.3) is 11.8 Å². The van der Waals surface area contributed by atoms with Crippen LogP contribution in [0.15, 0.2) is 84.6 Å². The van der Waals surface area contributed by atoms with Crippen molar-refractivity contribution in [3.8, 4) is 5.75 Å². The number of amides is 2. The van der Waals surface area contributed by atoms with Crippen molar-refractivity contribution in [2.75, 3.05) is 12.4 Å². The highest BCUT2D eigenvalue weighted by molar-refractivity contribution is 6.32. The van der Waals surface area contributed by atoms with Gasteiger partial charge in [0.15, 0.2) is 0 Å². The topological polar surface area (TPSA) is 67.4 Å². The highest BCUT2D eigenvalue weighted by Crippen LogP contribution is 2.24. The van der Waals surface area contributed by atoms with Crippen LogP contribution in [0.3, 0.4) is 0 Å². The van der Waals surface area contributed by atoms with Gasteiger partial charge >= 0.3 is 0 Å². The van der Waals surface area contributed by atoms with E-state index in [0.717, 1.165) is 0 Å². The first-order valence-electron chi connectivity index (χ1n) is 8.85. The maximum Gasteiger partial charge on any atom is 0.272 e. The van der Waals surface area contributed by atoms with Gasteiger partial charge in [-0.15, -0.1) is 0 Å². The molecule has 0 heterocycles. The Bertz CT molecular complexity index is 1050. The summed E-state index contributed by atoms with van der Waals surface area (Å²) in [5.74, 6) is -0.398. The Morgan fingerprint density at radius 2 is 1.55 bits per heavy atom. The Labute approximate surface area is 174 Å². The first kappa shape index (κ1) is 20.2. The van der Waals surface area contributed by atoms with Crippen molar-refractivity contribution in [3.63, 3.8) is 0 Å². The normalized spacial score (nSPS) is 10.9. The number of methoxy groups -OCH3 is 1. The fourth-order valence-electron chi connectivity index (χ4n) is 2.63. The number of carbonyl (C=O) groups is 2. The molecule has 0 saturated heterocycles. The van der Waals surface area contributed by atoms with Crippen molar-refractivity contribution in [2.24, 2.45) is 0 Å². The summed E-state index contributed by atoms with van der Waals surface area (Å²) in [6.07, 6.45) is 1.54. The van der Waals surface area contributed by atoms with Gasteiger partial charge in [-0.05, 0) is 42.0 Å². The Morgan fingerprint density at radius 1 is 0.897 bits per heavy atom. The Morgan fingerprint density at radius 3 is 2.28 bits per heavy atom. The third-order valence-corrected chi connectivity index (χ3v) is 4.43. The number of halogens is 1. The molecule has 3 aromatic rings. The Hall–Kier alpha value is -3.57. The second-order valence-corrected chi connectivity index (χ2v) is 6.46.